The van der Waals surface area contributed by atoms with Crippen LogP contribution in [-0.2, 0) is 37.6 Å². The summed E-state index contributed by atoms with van der Waals surface area (Å²) in [6.07, 6.45) is 0. The molecule has 28 heavy (non-hydrogen) atoms. The first-order chi connectivity index (χ1) is 13.1. The topological polar surface area (TPSA) is 81.7 Å². The largest absolute Gasteiger partial charge is 0.458 e. The van der Waals surface area contributed by atoms with E-state index in [4.69, 9.17) is 32.8 Å². The Morgan fingerprint density at radius 1 is 0.643 bits per heavy atom. The zero-order valence-electron chi connectivity index (χ0n) is 18.5. The summed E-state index contributed by atoms with van der Waals surface area (Å²) in [5.74, 6) is -0.374. The standard InChI is InChI=1S/C19H40O8Si/c1-19(2,3)27-18(20)17-25-14-13-23-10-9-21-7-8-22-11-12-24-15-16-26-28(4,5)6/h7-17H2,1-6H3. The lowest BCUT2D eigenvalue weighted by Crippen LogP contribution is -2.27. The van der Waals surface area contributed by atoms with Gasteiger partial charge in [0.25, 0.3) is 0 Å². The molecule has 0 aliphatic carbocycles. The molecule has 0 spiro atoms. The first-order valence-electron chi connectivity index (χ1n) is 9.85. The van der Waals surface area contributed by atoms with Gasteiger partial charge in [0.15, 0.2) is 8.32 Å². The van der Waals surface area contributed by atoms with Crippen molar-refractivity contribution in [2.24, 2.45) is 0 Å². The summed E-state index contributed by atoms with van der Waals surface area (Å²) in [6, 6.07) is 0. The molecule has 0 atom stereocenters. The fourth-order valence-corrected chi connectivity index (χ4v) is 2.51. The second kappa shape index (κ2) is 16.3. The van der Waals surface area contributed by atoms with Crippen molar-refractivity contribution >= 4 is 14.3 Å². The quantitative estimate of drug-likeness (QED) is 0.188. The Morgan fingerprint density at radius 3 is 1.36 bits per heavy atom. The van der Waals surface area contributed by atoms with Crippen molar-refractivity contribution in [3.63, 3.8) is 0 Å². The Labute approximate surface area is 171 Å². The average Bonchev–Trinajstić information content (AvgIpc) is 2.55. The van der Waals surface area contributed by atoms with E-state index in [0.717, 1.165) is 0 Å². The molecule has 0 aliphatic rings. The fourth-order valence-electron chi connectivity index (χ4n) is 1.81. The average molecular weight is 425 g/mol. The summed E-state index contributed by atoms with van der Waals surface area (Å²) < 4.78 is 37.6. The van der Waals surface area contributed by atoms with Gasteiger partial charge in [-0.1, -0.05) is 0 Å². The third kappa shape index (κ3) is 23.5. The molecule has 0 rings (SSSR count). The highest BCUT2D eigenvalue weighted by molar-refractivity contribution is 6.69. The number of carbonyl (C=O) groups excluding carboxylic acids is 1. The van der Waals surface area contributed by atoms with Gasteiger partial charge in [0, 0.05) is 0 Å². The molecule has 0 radical (unpaired) electrons. The van der Waals surface area contributed by atoms with E-state index in [1.807, 2.05) is 20.8 Å². The smallest absolute Gasteiger partial charge is 0.332 e. The molecule has 8 nitrogen and oxygen atoms in total. The maximum atomic E-state index is 11.4. The van der Waals surface area contributed by atoms with Gasteiger partial charge in [-0.15, -0.1) is 0 Å². The highest BCUT2D eigenvalue weighted by Gasteiger charge is 2.16. The van der Waals surface area contributed by atoms with Crippen LogP contribution in [0.25, 0.3) is 0 Å². The SMILES string of the molecule is CC(C)(C)OC(=O)COCCOCCOCCOCCOCCO[Si](C)(C)C. The van der Waals surface area contributed by atoms with Crippen LogP contribution in [0.1, 0.15) is 20.8 Å². The maximum absolute atomic E-state index is 11.4. The molecule has 0 saturated carbocycles. The maximum Gasteiger partial charge on any atom is 0.332 e. The number of carbonyl (C=O) groups is 1. The number of hydrogen-bond acceptors (Lipinski definition) is 8. The predicted octanol–water partition coefficient (Wildman–Crippen LogP) is 2.26. The van der Waals surface area contributed by atoms with E-state index in [1.54, 1.807) is 0 Å². The normalized spacial score (nSPS) is 12.4. The van der Waals surface area contributed by atoms with Gasteiger partial charge in [-0.3, -0.25) is 0 Å². The zero-order valence-corrected chi connectivity index (χ0v) is 19.5. The van der Waals surface area contributed by atoms with Crippen LogP contribution in [0.15, 0.2) is 0 Å². The molecule has 0 unspecified atom stereocenters. The van der Waals surface area contributed by atoms with Crippen LogP contribution < -0.4 is 0 Å². The third-order valence-electron chi connectivity index (χ3n) is 2.89. The zero-order chi connectivity index (χ0) is 21.3. The molecule has 0 N–H and O–H groups in total. The van der Waals surface area contributed by atoms with Crippen LogP contribution in [0.3, 0.4) is 0 Å². The number of rotatable bonds is 18. The molecule has 0 fully saturated rings. The molecular weight excluding hydrogens is 384 g/mol. The summed E-state index contributed by atoms with van der Waals surface area (Å²) in [6.45, 7) is 16.9. The van der Waals surface area contributed by atoms with E-state index in [0.29, 0.717) is 66.1 Å². The first-order valence-corrected chi connectivity index (χ1v) is 13.3. The minimum Gasteiger partial charge on any atom is -0.458 e. The number of hydrogen-bond donors (Lipinski definition) is 0. The Balaban J connectivity index is 3.17. The van der Waals surface area contributed by atoms with Gasteiger partial charge < -0.3 is 32.8 Å². The molecule has 0 saturated heterocycles. The van der Waals surface area contributed by atoms with Gasteiger partial charge in [-0.05, 0) is 40.4 Å². The molecule has 0 heterocycles. The van der Waals surface area contributed by atoms with Crippen molar-refractivity contribution in [3.05, 3.63) is 0 Å². The highest BCUT2D eigenvalue weighted by Crippen LogP contribution is 2.06. The summed E-state index contributed by atoms with van der Waals surface area (Å²) in [7, 11) is -1.44. The lowest BCUT2D eigenvalue weighted by Gasteiger charge is -2.19. The molecule has 0 amide bonds. The van der Waals surface area contributed by atoms with Gasteiger partial charge in [0.05, 0.1) is 66.1 Å². The molecule has 0 bridgehead atoms. The second-order valence-corrected chi connectivity index (χ2v) is 12.6. The summed E-state index contributed by atoms with van der Waals surface area (Å²) in [4.78, 5) is 11.4. The van der Waals surface area contributed by atoms with Crippen molar-refractivity contribution in [1.82, 2.24) is 0 Å². The van der Waals surface area contributed by atoms with E-state index in [9.17, 15) is 4.79 Å². The van der Waals surface area contributed by atoms with E-state index < -0.39 is 13.9 Å². The van der Waals surface area contributed by atoms with Crippen LogP contribution in [0.4, 0.5) is 0 Å². The second-order valence-electron chi connectivity index (χ2n) is 8.05. The summed E-state index contributed by atoms with van der Waals surface area (Å²) in [5.41, 5.74) is -0.493. The molecule has 9 heteroatoms. The Bertz CT molecular complexity index is 379. The molecule has 0 aromatic heterocycles. The van der Waals surface area contributed by atoms with Crippen LogP contribution in [-0.4, -0.2) is 92.6 Å². The first kappa shape index (κ1) is 27.4. The minimum absolute atomic E-state index is 0.0659. The molecule has 0 aliphatic heterocycles. The van der Waals surface area contributed by atoms with Crippen molar-refractivity contribution in [3.8, 4) is 0 Å². The van der Waals surface area contributed by atoms with E-state index in [1.165, 1.54) is 0 Å². The summed E-state index contributed by atoms with van der Waals surface area (Å²) in [5, 5.41) is 0. The lowest BCUT2D eigenvalue weighted by molar-refractivity contribution is -0.160. The minimum atomic E-state index is -1.44. The van der Waals surface area contributed by atoms with Gasteiger partial charge in [-0.2, -0.15) is 0 Å². The van der Waals surface area contributed by atoms with Crippen LogP contribution in [0.2, 0.25) is 19.6 Å². The lowest BCUT2D eigenvalue weighted by atomic mass is 10.2. The number of esters is 1. The monoisotopic (exact) mass is 424 g/mol. The van der Waals surface area contributed by atoms with Crippen molar-refractivity contribution in [2.45, 2.75) is 46.0 Å². The van der Waals surface area contributed by atoms with Crippen LogP contribution in [0, 0.1) is 0 Å². The Hall–Kier alpha value is -0.553. The molecule has 0 aromatic carbocycles. The van der Waals surface area contributed by atoms with Crippen LogP contribution in [0.5, 0.6) is 0 Å². The van der Waals surface area contributed by atoms with E-state index >= 15 is 0 Å². The molecule has 168 valence electrons. The molecular formula is C19H40O8Si. The third-order valence-corrected chi connectivity index (χ3v) is 3.96. The highest BCUT2D eigenvalue weighted by atomic mass is 28.4. The summed E-state index contributed by atoms with van der Waals surface area (Å²) >= 11 is 0. The molecule has 0 aromatic rings. The van der Waals surface area contributed by atoms with E-state index in [-0.39, 0.29) is 12.6 Å². The Kier molecular flexibility index (Phi) is 15.9. The Morgan fingerprint density at radius 2 is 1.00 bits per heavy atom. The van der Waals surface area contributed by atoms with Crippen LogP contribution >= 0.6 is 0 Å². The van der Waals surface area contributed by atoms with Gasteiger partial charge in [0.2, 0.25) is 0 Å². The van der Waals surface area contributed by atoms with Crippen molar-refractivity contribution in [1.29, 1.82) is 0 Å². The van der Waals surface area contributed by atoms with Gasteiger partial charge in [0.1, 0.15) is 12.2 Å². The van der Waals surface area contributed by atoms with Gasteiger partial charge >= 0.3 is 5.97 Å². The van der Waals surface area contributed by atoms with Crippen molar-refractivity contribution < 1.29 is 37.6 Å². The van der Waals surface area contributed by atoms with Gasteiger partial charge in [-0.25, -0.2) is 4.79 Å². The predicted molar refractivity (Wildman–Crippen MR) is 109 cm³/mol. The number of ether oxygens (including phenoxy) is 6. The fraction of sp³-hybridized carbons (Fsp3) is 0.947. The van der Waals surface area contributed by atoms with Crippen molar-refractivity contribution in [2.75, 3.05) is 72.7 Å². The van der Waals surface area contributed by atoms with E-state index in [2.05, 4.69) is 19.6 Å².